The topological polar surface area (TPSA) is 80.3 Å². The summed E-state index contributed by atoms with van der Waals surface area (Å²) in [4.78, 5) is 29.7. The van der Waals surface area contributed by atoms with Crippen LogP contribution in [0.5, 0.6) is 17.2 Å². The molecule has 0 unspecified atom stereocenters. The molecule has 1 saturated heterocycles. The molecule has 8 nitrogen and oxygen atoms in total. The van der Waals surface area contributed by atoms with E-state index in [0.717, 1.165) is 40.9 Å². The number of anilines is 1. The minimum atomic E-state index is -0.463. The molecule has 0 radical (unpaired) electrons. The van der Waals surface area contributed by atoms with E-state index >= 15 is 0 Å². The fourth-order valence-corrected chi connectivity index (χ4v) is 5.26. The Kier molecular flexibility index (Phi) is 8.59. The van der Waals surface area contributed by atoms with E-state index in [1.54, 1.807) is 23.1 Å². The highest BCUT2D eigenvalue weighted by molar-refractivity contribution is 6.10. The van der Waals surface area contributed by atoms with Gasteiger partial charge in [-0.05, 0) is 89.9 Å². The van der Waals surface area contributed by atoms with Crippen LogP contribution in [0.3, 0.4) is 0 Å². The minimum absolute atomic E-state index is 0.0857. The summed E-state index contributed by atoms with van der Waals surface area (Å²) >= 11 is 0. The van der Waals surface area contributed by atoms with Gasteiger partial charge in [-0.1, -0.05) is 24.3 Å². The van der Waals surface area contributed by atoms with Gasteiger partial charge in [-0.3, -0.25) is 4.79 Å². The van der Waals surface area contributed by atoms with E-state index in [2.05, 4.69) is 10.2 Å². The Bertz CT molecular complexity index is 1530. The molecule has 0 atom stereocenters. The molecule has 0 saturated carbocycles. The molecule has 2 aliphatic rings. The number of hydrogen-bond acceptors (Lipinski definition) is 6. The first-order chi connectivity index (χ1) is 20.3. The van der Waals surface area contributed by atoms with Gasteiger partial charge in [0.05, 0.1) is 20.6 Å². The second-order valence-electron chi connectivity index (χ2n) is 10.4. The van der Waals surface area contributed by atoms with E-state index in [4.69, 9.17) is 14.2 Å². The van der Waals surface area contributed by atoms with Gasteiger partial charge < -0.3 is 29.3 Å². The van der Waals surface area contributed by atoms with Gasteiger partial charge in [-0.15, -0.1) is 0 Å². The maximum absolute atomic E-state index is 14.4. The van der Waals surface area contributed by atoms with Crippen molar-refractivity contribution in [1.29, 1.82) is 0 Å². The van der Waals surface area contributed by atoms with E-state index < -0.39 is 6.09 Å². The summed E-state index contributed by atoms with van der Waals surface area (Å²) in [6.45, 7) is 4.60. The number of rotatable bonds is 7. The fraction of sp³-hybridized carbons (Fsp3) is 0.273. The maximum Gasteiger partial charge on any atom is 0.415 e. The predicted octanol–water partition coefficient (Wildman–Crippen LogP) is 5.95. The maximum atomic E-state index is 14.4. The molecular weight excluding hydrogens is 537 g/mol. The van der Waals surface area contributed by atoms with Gasteiger partial charge in [-0.2, -0.15) is 0 Å². The Morgan fingerprint density at radius 2 is 1.60 bits per heavy atom. The second kappa shape index (κ2) is 12.5. The molecule has 5 rings (SSSR count). The molecule has 3 aromatic carbocycles. The van der Waals surface area contributed by atoms with Crippen molar-refractivity contribution < 1.29 is 28.2 Å². The SMILES string of the molecule is COc1cc(C=C2C(C)=C(CC(=O)Nc3ccccc3)c3cc(F)ccc32)cc(OC)c1OC(=O)N1CCN(C)CC1. The molecule has 3 aromatic rings. The van der Waals surface area contributed by atoms with Crippen LogP contribution in [0.4, 0.5) is 14.9 Å². The van der Waals surface area contributed by atoms with Crippen LogP contribution in [0.15, 0.2) is 66.2 Å². The monoisotopic (exact) mass is 571 g/mol. The van der Waals surface area contributed by atoms with E-state index in [-0.39, 0.29) is 23.9 Å². The van der Waals surface area contributed by atoms with Gasteiger partial charge >= 0.3 is 6.09 Å². The Morgan fingerprint density at radius 3 is 2.24 bits per heavy atom. The van der Waals surface area contributed by atoms with Crippen molar-refractivity contribution in [3.63, 3.8) is 0 Å². The number of hydrogen-bond donors (Lipinski definition) is 1. The Morgan fingerprint density at radius 1 is 0.929 bits per heavy atom. The Hall–Kier alpha value is -4.63. The lowest BCUT2D eigenvalue weighted by molar-refractivity contribution is -0.115. The minimum Gasteiger partial charge on any atom is -0.493 e. The molecular formula is C33H34FN3O5. The van der Waals surface area contributed by atoms with Crippen molar-refractivity contribution in [3.05, 3.63) is 88.7 Å². The van der Waals surface area contributed by atoms with Gasteiger partial charge in [0, 0.05) is 31.9 Å². The molecule has 0 spiro atoms. The highest BCUT2D eigenvalue weighted by Crippen LogP contribution is 2.45. The predicted molar refractivity (Wildman–Crippen MR) is 161 cm³/mol. The first-order valence-corrected chi connectivity index (χ1v) is 13.8. The zero-order valence-electron chi connectivity index (χ0n) is 24.2. The van der Waals surface area contributed by atoms with Crippen LogP contribution in [0.2, 0.25) is 0 Å². The van der Waals surface area contributed by atoms with Crippen molar-refractivity contribution in [2.24, 2.45) is 0 Å². The van der Waals surface area contributed by atoms with E-state index in [1.165, 1.54) is 26.4 Å². The Labute approximate surface area is 245 Å². The summed E-state index contributed by atoms with van der Waals surface area (Å²) in [6.07, 6.45) is 1.56. The van der Waals surface area contributed by atoms with Crippen LogP contribution in [0, 0.1) is 5.82 Å². The van der Waals surface area contributed by atoms with Crippen LogP contribution in [-0.4, -0.2) is 69.2 Å². The normalized spacial score (nSPS) is 15.9. The third-order valence-corrected chi connectivity index (χ3v) is 7.59. The number of fused-ring (bicyclic) bond motifs is 1. The number of amides is 2. The zero-order valence-corrected chi connectivity index (χ0v) is 24.2. The third-order valence-electron chi connectivity index (χ3n) is 7.59. The van der Waals surface area contributed by atoms with Crippen molar-refractivity contribution >= 4 is 34.9 Å². The highest BCUT2D eigenvalue weighted by atomic mass is 19.1. The molecule has 9 heteroatoms. The first-order valence-electron chi connectivity index (χ1n) is 13.8. The number of piperazine rings is 1. The van der Waals surface area contributed by atoms with Crippen molar-refractivity contribution in [2.45, 2.75) is 13.3 Å². The van der Waals surface area contributed by atoms with Crippen LogP contribution in [-0.2, 0) is 4.79 Å². The van der Waals surface area contributed by atoms with E-state index in [9.17, 15) is 14.0 Å². The lowest BCUT2D eigenvalue weighted by atomic mass is 10.00. The summed E-state index contributed by atoms with van der Waals surface area (Å²) < 4.78 is 31.4. The van der Waals surface area contributed by atoms with Gasteiger partial charge in [0.15, 0.2) is 11.5 Å². The lowest BCUT2D eigenvalue weighted by Gasteiger charge is -2.31. The molecule has 0 aromatic heterocycles. The van der Waals surface area contributed by atoms with E-state index in [1.807, 2.05) is 50.4 Å². The summed E-state index contributed by atoms with van der Waals surface area (Å²) in [7, 11) is 5.02. The number of nitrogens with zero attached hydrogens (tertiary/aromatic N) is 2. The van der Waals surface area contributed by atoms with Gasteiger partial charge in [0.2, 0.25) is 11.7 Å². The number of carbonyl (C=O) groups excluding carboxylic acids is 2. The summed E-state index contributed by atoms with van der Waals surface area (Å²) in [5, 5.41) is 2.91. The summed E-state index contributed by atoms with van der Waals surface area (Å²) in [5.41, 5.74) is 5.38. The second-order valence-corrected chi connectivity index (χ2v) is 10.4. The van der Waals surface area contributed by atoms with E-state index in [0.29, 0.717) is 35.8 Å². The van der Waals surface area contributed by atoms with Crippen LogP contribution < -0.4 is 19.5 Å². The zero-order chi connectivity index (χ0) is 29.8. The smallest absolute Gasteiger partial charge is 0.415 e. The molecule has 1 fully saturated rings. The number of methoxy groups -OCH3 is 2. The van der Waals surface area contributed by atoms with Crippen molar-refractivity contribution in [2.75, 3.05) is 52.8 Å². The number of para-hydroxylation sites is 1. The average Bonchev–Trinajstić information content (AvgIpc) is 3.23. The van der Waals surface area contributed by atoms with Crippen molar-refractivity contribution in [1.82, 2.24) is 9.80 Å². The summed E-state index contributed by atoms with van der Waals surface area (Å²) in [5.74, 6) is 0.307. The number of halogens is 1. The molecule has 1 aliphatic heterocycles. The fourth-order valence-electron chi connectivity index (χ4n) is 5.26. The molecule has 218 valence electrons. The summed E-state index contributed by atoms with van der Waals surface area (Å²) in [6, 6.07) is 17.3. The number of nitrogens with one attached hydrogen (secondary N) is 1. The van der Waals surface area contributed by atoms with Gasteiger partial charge in [0.1, 0.15) is 5.82 Å². The standard InChI is InChI=1S/C33H34FN3O5/c1-21-26(25-11-10-23(34)19-28(25)27(21)20-31(38)35-24-8-6-5-7-9-24)16-22-17-29(40-3)32(30(18-22)41-4)42-33(39)37-14-12-36(2)13-15-37/h5-11,16-19H,12-15,20H2,1-4H3,(H,35,38). The molecule has 0 bridgehead atoms. The number of benzene rings is 3. The van der Waals surface area contributed by atoms with Crippen LogP contribution >= 0.6 is 0 Å². The molecule has 2 amide bonds. The lowest BCUT2D eigenvalue weighted by Crippen LogP contribution is -2.48. The molecule has 1 N–H and O–H groups in total. The number of likely N-dealkylation sites (N-methyl/N-ethyl adjacent to an activating group) is 1. The quantitative estimate of drug-likeness (QED) is 0.378. The van der Waals surface area contributed by atoms with Crippen LogP contribution in [0.1, 0.15) is 30.0 Å². The van der Waals surface area contributed by atoms with Gasteiger partial charge in [-0.25, -0.2) is 9.18 Å². The highest BCUT2D eigenvalue weighted by Gasteiger charge is 2.27. The first kappa shape index (κ1) is 28.9. The van der Waals surface area contributed by atoms with Crippen LogP contribution in [0.25, 0.3) is 17.2 Å². The number of allylic oxidation sites excluding steroid dienone is 2. The van der Waals surface area contributed by atoms with Crippen molar-refractivity contribution in [3.8, 4) is 17.2 Å². The molecule has 1 aliphatic carbocycles. The molecule has 42 heavy (non-hydrogen) atoms. The number of carbonyl (C=O) groups is 2. The van der Waals surface area contributed by atoms with Gasteiger partial charge in [0.25, 0.3) is 0 Å². The largest absolute Gasteiger partial charge is 0.493 e. The third kappa shape index (κ3) is 6.16. The molecule has 1 heterocycles. The number of ether oxygens (including phenoxy) is 3. The average molecular weight is 572 g/mol. The Balaban J connectivity index is 1.46.